The molecule has 0 aromatic rings. The molecule has 18 heavy (non-hydrogen) atoms. The summed E-state index contributed by atoms with van der Waals surface area (Å²) >= 11 is 0. The summed E-state index contributed by atoms with van der Waals surface area (Å²) in [7, 11) is 0. The number of allylic oxidation sites excluding steroid dienone is 1. The first-order valence-corrected chi connectivity index (χ1v) is 6.60. The van der Waals surface area contributed by atoms with Gasteiger partial charge in [-0.15, -0.1) is 0 Å². The molecule has 1 saturated heterocycles. The third-order valence-corrected chi connectivity index (χ3v) is 3.71. The van der Waals surface area contributed by atoms with Crippen molar-refractivity contribution in [2.24, 2.45) is 5.92 Å². The molecule has 1 heterocycles. The van der Waals surface area contributed by atoms with Crippen LogP contribution in [0.2, 0.25) is 0 Å². The van der Waals surface area contributed by atoms with Crippen LogP contribution >= 0.6 is 0 Å². The predicted octanol–water partition coefficient (Wildman–Crippen LogP) is 1.60. The van der Waals surface area contributed by atoms with Gasteiger partial charge in [0.1, 0.15) is 0 Å². The van der Waals surface area contributed by atoms with Crippen LogP contribution in [0.5, 0.6) is 0 Å². The number of hydrogen-bond donors (Lipinski definition) is 2. The second kappa shape index (κ2) is 5.89. The number of nitrogens with zero attached hydrogens (tertiary/aromatic N) is 1. The summed E-state index contributed by atoms with van der Waals surface area (Å²) in [6.45, 7) is 1.69. The largest absolute Gasteiger partial charge is 0.481 e. The van der Waals surface area contributed by atoms with Gasteiger partial charge in [-0.25, -0.2) is 4.79 Å². The fourth-order valence-corrected chi connectivity index (χ4v) is 2.70. The third-order valence-electron chi connectivity index (χ3n) is 3.71. The summed E-state index contributed by atoms with van der Waals surface area (Å²) in [6, 6.07) is -0.138. The zero-order valence-electron chi connectivity index (χ0n) is 10.5. The lowest BCUT2D eigenvalue weighted by Gasteiger charge is -2.36. The number of amides is 2. The maximum absolute atomic E-state index is 11.8. The highest BCUT2D eigenvalue weighted by Crippen LogP contribution is 2.31. The van der Waals surface area contributed by atoms with Gasteiger partial charge < -0.3 is 15.3 Å². The molecule has 100 valence electrons. The fraction of sp³-hybridized carbons (Fsp3) is 0.692. The molecular weight excluding hydrogens is 232 g/mol. The molecule has 1 fully saturated rings. The first-order valence-electron chi connectivity index (χ1n) is 6.60. The quantitative estimate of drug-likeness (QED) is 0.750. The number of aliphatic carboxylic acids is 1. The molecule has 2 N–H and O–H groups in total. The van der Waals surface area contributed by atoms with Crippen molar-refractivity contribution in [3.8, 4) is 0 Å². The monoisotopic (exact) mass is 252 g/mol. The Morgan fingerprint density at radius 3 is 3.06 bits per heavy atom. The summed E-state index contributed by atoms with van der Waals surface area (Å²) in [6.07, 6.45) is 6.92. The molecule has 2 amide bonds. The van der Waals surface area contributed by atoms with Gasteiger partial charge in [0.15, 0.2) is 0 Å². The highest BCUT2D eigenvalue weighted by atomic mass is 16.4. The number of fused-ring (bicyclic) bond motifs is 1. The molecule has 0 bridgehead atoms. The van der Waals surface area contributed by atoms with Crippen molar-refractivity contribution >= 4 is 12.0 Å². The fourth-order valence-electron chi connectivity index (χ4n) is 2.70. The molecular formula is C13H20N2O3. The van der Waals surface area contributed by atoms with Gasteiger partial charge in [-0.3, -0.25) is 4.79 Å². The van der Waals surface area contributed by atoms with Gasteiger partial charge in [0.05, 0.1) is 6.42 Å². The van der Waals surface area contributed by atoms with E-state index in [1.165, 1.54) is 18.4 Å². The van der Waals surface area contributed by atoms with E-state index in [4.69, 9.17) is 5.11 Å². The highest BCUT2D eigenvalue weighted by molar-refractivity contribution is 5.75. The normalized spacial score (nSPS) is 23.0. The van der Waals surface area contributed by atoms with Gasteiger partial charge in [-0.1, -0.05) is 11.6 Å². The minimum absolute atomic E-state index is 0.0229. The smallest absolute Gasteiger partial charge is 0.317 e. The zero-order valence-corrected chi connectivity index (χ0v) is 10.5. The molecule has 0 saturated carbocycles. The molecule has 1 unspecified atom stereocenters. The number of urea groups is 1. The summed E-state index contributed by atoms with van der Waals surface area (Å²) in [5, 5.41) is 11.2. The van der Waals surface area contributed by atoms with Crippen LogP contribution in [-0.2, 0) is 4.79 Å². The van der Waals surface area contributed by atoms with E-state index < -0.39 is 5.97 Å². The molecule has 1 atom stereocenters. The lowest BCUT2D eigenvalue weighted by atomic mass is 9.82. The van der Waals surface area contributed by atoms with Crippen LogP contribution in [0.3, 0.4) is 0 Å². The zero-order chi connectivity index (χ0) is 13.0. The van der Waals surface area contributed by atoms with Crippen LogP contribution in [0.4, 0.5) is 4.79 Å². The first kappa shape index (κ1) is 12.9. The maximum atomic E-state index is 11.8. The number of piperidine rings is 1. The van der Waals surface area contributed by atoms with Gasteiger partial charge in [-0.05, 0) is 31.6 Å². The highest BCUT2D eigenvalue weighted by Gasteiger charge is 2.27. The Balaban J connectivity index is 1.81. The average molecular weight is 252 g/mol. The third kappa shape index (κ3) is 3.24. The molecule has 1 aliphatic heterocycles. The predicted molar refractivity (Wildman–Crippen MR) is 67.3 cm³/mol. The second-order valence-corrected chi connectivity index (χ2v) is 4.99. The van der Waals surface area contributed by atoms with Crippen LogP contribution in [0, 0.1) is 5.92 Å². The van der Waals surface area contributed by atoms with Crippen LogP contribution < -0.4 is 5.32 Å². The minimum atomic E-state index is -0.885. The maximum Gasteiger partial charge on any atom is 0.317 e. The average Bonchev–Trinajstić information content (AvgIpc) is 2.37. The van der Waals surface area contributed by atoms with E-state index >= 15 is 0 Å². The standard InChI is InChI=1S/C13H20N2O3/c16-12(17)5-7-14-13(18)15-8-6-10-3-1-2-4-11(10)9-15/h4,10H,1-3,5-9H2,(H,14,18)(H,16,17). The SMILES string of the molecule is O=C(O)CCNC(=O)N1CCC2CCCC=C2C1. The van der Waals surface area contributed by atoms with E-state index in [0.717, 1.165) is 19.4 Å². The number of carboxylic acid groups (broad SMARTS) is 1. The Morgan fingerprint density at radius 2 is 2.28 bits per heavy atom. The summed E-state index contributed by atoms with van der Waals surface area (Å²) in [5.41, 5.74) is 1.39. The molecule has 0 aromatic carbocycles. The molecule has 2 rings (SSSR count). The van der Waals surface area contributed by atoms with Crippen molar-refractivity contribution in [3.05, 3.63) is 11.6 Å². The Kier molecular flexibility index (Phi) is 4.23. The number of nitrogens with one attached hydrogen (secondary N) is 1. The second-order valence-electron chi connectivity index (χ2n) is 4.99. The molecule has 0 spiro atoms. The lowest BCUT2D eigenvalue weighted by Crippen LogP contribution is -2.46. The summed E-state index contributed by atoms with van der Waals surface area (Å²) < 4.78 is 0. The number of carbonyl (C=O) groups is 2. The van der Waals surface area contributed by atoms with Crippen molar-refractivity contribution in [2.75, 3.05) is 19.6 Å². The number of hydrogen-bond acceptors (Lipinski definition) is 2. The van der Waals surface area contributed by atoms with Crippen LogP contribution in [0.1, 0.15) is 32.1 Å². The number of rotatable bonds is 3. The molecule has 2 aliphatic rings. The van der Waals surface area contributed by atoms with Gasteiger partial charge in [0.2, 0.25) is 0 Å². The summed E-state index contributed by atoms with van der Waals surface area (Å²) in [4.78, 5) is 24.0. The van der Waals surface area contributed by atoms with E-state index in [1.807, 2.05) is 0 Å². The van der Waals surface area contributed by atoms with Crippen molar-refractivity contribution in [1.82, 2.24) is 10.2 Å². The number of likely N-dealkylation sites (tertiary alicyclic amines) is 1. The Hall–Kier alpha value is -1.52. The Labute approximate surface area is 107 Å². The van der Waals surface area contributed by atoms with Gasteiger partial charge in [0, 0.05) is 19.6 Å². The molecule has 0 aromatic heterocycles. The first-order chi connectivity index (χ1) is 8.66. The van der Waals surface area contributed by atoms with Crippen molar-refractivity contribution in [2.45, 2.75) is 32.1 Å². The topological polar surface area (TPSA) is 69.6 Å². The Morgan fingerprint density at radius 1 is 1.44 bits per heavy atom. The molecule has 1 aliphatic carbocycles. The molecule has 0 radical (unpaired) electrons. The van der Waals surface area contributed by atoms with Crippen molar-refractivity contribution < 1.29 is 14.7 Å². The van der Waals surface area contributed by atoms with Crippen LogP contribution in [-0.4, -0.2) is 41.6 Å². The Bertz CT molecular complexity index is 365. The minimum Gasteiger partial charge on any atom is -0.481 e. The van der Waals surface area contributed by atoms with E-state index in [1.54, 1.807) is 4.90 Å². The van der Waals surface area contributed by atoms with E-state index in [-0.39, 0.29) is 19.0 Å². The van der Waals surface area contributed by atoms with Crippen LogP contribution in [0.15, 0.2) is 11.6 Å². The molecule has 5 heteroatoms. The van der Waals surface area contributed by atoms with E-state index in [9.17, 15) is 9.59 Å². The summed E-state index contributed by atoms with van der Waals surface area (Å²) in [5.74, 6) is -0.217. The lowest BCUT2D eigenvalue weighted by molar-refractivity contribution is -0.136. The van der Waals surface area contributed by atoms with E-state index in [2.05, 4.69) is 11.4 Å². The van der Waals surface area contributed by atoms with Crippen LogP contribution in [0.25, 0.3) is 0 Å². The van der Waals surface area contributed by atoms with Crippen molar-refractivity contribution in [3.63, 3.8) is 0 Å². The van der Waals surface area contributed by atoms with Gasteiger partial charge in [-0.2, -0.15) is 0 Å². The van der Waals surface area contributed by atoms with E-state index in [0.29, 0.717) is 12.5 Å². The van der Waals surface area contributed by atoms with Crippen molar-refractivity contribution in [1.29, 1.82) is 0 Å². The van der Waals surface area contributed by atoms with Gasteiger partial charge in [0.25, 0.3) is 0 Å². The molecule has 5 nitrogen and oxygen atoms in total. The number of carboxylic acids is 1. The van der Waals surface area contributed by atoms with Gasteiger partial charge >= 0.3 is 12.0 Å². The number of carbonyl (C=O) groups excluding carboxylic acids is 1.